The average molecular weight is 704 g/mol. The zero-order valence-electron chi connectivity index (χ0n) is 29.4. The van der Waals surface area contributed by atoms with Crippen LogP contribution in [0.25, 0.3) is 0 Å². The summed E-state index contributed by atoms with van der Waals surface area (Å²) in [7, 11) is -1.86. The molecule has 0 aliphatic rings. The molecule has 0 spiro atoms. The van der Waals surface area contributed by atoms with Crippen LogP contribution in [0.3, 0.4) is 0 Å². The van der Waals surface area contributed by atoms with Gasteiger partial charge in [0.1, 0.15) is 0 Å². The Hall–Kier alpha value is -1.67. The van der Waals surface area contributed by atoms with E-state index in [-0.39, 0.29) is 18.6 Å². The Morgan fingerprint density at radius 3 is 0.600 bits per heavy atom. The van der Waals surface area contributed by atoms with Gasteiger partial charge in [-0.15, -0.1) is 35.2 Å². The molecule has 1 radical (unpaired) electrons. The molecular weight excluding hydrogens is 644 g/mol. The second-order valence-corrected chi connectivity index (χ2v) is 24.5. The van der Waals surface area contributed by atoms with Crippen molar-refractivity contribution in [3.8, 4) is 0 Å². The Kier molecular flexibility index (Phi) is 27.5. The molecule has 0 saturated heterocycles. The van der Waals surface area contributed by atoms with Crippen molar-refractivity contribution in [3.63, 3.8) is 0 Å². The van der Waals surface area contributed by atoms with Gasteiger partial charge in [0.2, 0.25) is 0 Å². The van der Waals surface area contributed by atoms with Crippen molar-refractivity contribution in [1.29, 1.82) is 0 Å². The maximum atomic E-state index is 2.47. The zero-order chi connectivity index (χ0) is 32.4. The third-order valence-corrected chi connectivity index (χ3v) is 11.4. The Morgan fingerprint density at radius 2 is 0.467 bits per heavy atom. The quantitative estimate of drug-likeness (QED) is 0.102. The van der Waals surface area contributed by atoms with Gasteiger partial charge in [0.25, 0.3) is 0 Å². The second-order valence-electron chi connectivity index (χ2n) is 12.7. The predicted octanol–water partition coefficient (Wildman–Crippen LogP) is 9.83. The fourth-order valence-corrected chi connectivity index (χ4v) is 6.92. The van der Waals surface area contributed by atoms with Crippen molar-refractivity contribution >= 4 is 35.2 Å². The minimum absolute atomic E-state index is 0. The van der Waals surface area contributed by atoms with Crippen LogP contribution in [0.1, 0.15) is 22.3 Å². The molecule has 0 bridgehead atoms. The van der Waals surface area contributed by atoms with Crippen LogP contribution in [0.5, 0.6) is 0 Å². The number of rotatable bonds is 12. The molecule has 0 aromatic heterocycles. The van der Waals surface area contributed by atoms with Crippen molar-refractivity contribution in [3.05, 3.63) is 168 Å². The summed E-state index contributed by atoms with van der Waals surface area (Å²) in [6.07, 6.45) is 4.63. The van der Waals surface area contributed by atoms with Crippen molar-refractivity contribution in [2.24, 2.45) is 0 Å². The van der Waals surface area contributed by atoms with Crippen LogP contribution < -0.4 is 0 Å². The minimum atomic E-state index is -0.465. The molecular formula is C40H60Si4V. The maximum Gasteiger partial charge on any atom is 4.00 e. The van der Waals surface area contributed by atoms with Gasteiger partial charge in [-0.1, -0.05) is 196 Å². The molecule has 0 unspecified atom stereocenters. The van der Waals surface area contributed by atoms with E-state index in [1.54, 1.807) is 0 Å². The first-order chi connectivity index (χ1) is 21.2. The molecule has 0 amide bonds. The Labute approximate surface area is 297 Å². The molecule has 4 rings (SSSR count). The van der Waals surface area contributed by atoms with Gasteiger partial charge in [0.05, 0.1) is 0 Å². The second kappa shape index (κ2) is 28.5. The van der Waals surface area contributed by atoms with E-state index in [0.29, 0.717) is 0 Å². The Morgan fingerprint density at radius 1 is 0.311 bits per heavy atom. The molecule has 45 heavy (non-hydrogen) atoms. The van der Waals surface area contributed by atoms with Crippen LogP contribution >= 0.6 is 0 Å². The fraction of sp³-hybridized carbons (Fsp3) is 0.300. The molecule has 0 aliphatic carbocycles. The van der Waals surface area contributed by atoms with E-state index in [1.807, 2.05) is 0 Å². The maximum absolute atomic E-state index is 2.47. The molecule has 0 fully saturated rings. The third kappa shape index (κ3) is 27.2. The topological polar surface area (TPSA) is 0 Å². The van der Waals surface area contributed by atoms with Gasteiger partial charge in [0.15, 0.2) is 0 Å². The normalized spacial score (nSPS) is 10.2. The molecule has 0 nitrogen and oxygen atoms in total. The van der Waals surface area contributed by atoms with Gasteiger partial charge >= 0.3 is 18.6 Å². The van der Waals surface area contributed by atoms with Crippen molar-refractivity contribution in [1.82, 2.24) is 0 Å². The molecule has 4 aromatic rings. The van der Waals surface area contributed by atoms with Crippen molar-refractivity contribution in [2.75, 3.05) is 0 Å². The van der Waals surface area contributed by atoms with Crippen LogP contribution in [0, 0.1) is 24.2 Å². The summed E-state index contributed by atoms with van der Waals surface area (Å²) in [5.41, 5.74) is 5.75. The first kappa shape index (κ1) is 43.3. The van der Waals surface area contributed by atoms with E-state index in [2.05, 4.69) is 198 Å². The number of hydrogen-bond donors (Lipinski definition) is 0. The predicted molar refractivity (Wildman–Crippen MR) is 213 cm³/mol. The van der Waals surface area contributed by atoms with Gasteiger partial charge < -0.3 is 24.2 Å². The van der Waals surface area contributed by atoms with E-state index in [1.165, 1.54) is 22.3 Å². The van der Waals surface area contributed by atoms with Gasteiger partial charge in [0, 0.05) is 0 Å². The molecule has 0 N–H and O–H groups in total. The van der Waals surface area contributed by atoms with Crippen LogP contribution in [-0.2, 0) is 44.2 Å². The number of benzene rings is 4. The summed E-state index contributed by atoms with van der Waals surface area (Å²) in [5.74, 6) is 0. The van der Waals surface area contributed by atoms with Gasteiger partial charge in [-0.3, -0.25) is 0 Å². The smallest absolute Gasteiger partial charge is 0.326 e. The SMILES string of the molecule is C[SiH](C)[CH-]Cc1ccccc1.C[SiH](C)[CH-]Cc1ccccc1.C[SiH](C)[CH-]Cc1ccccc1.C[SiH](C)[CH-]Cc1ccccc1.[V+4]. The molecule has 4 aromatic carbocycles. The van der Waals surface area contributed by atoms with Crippen LogP contribution in [0.2, 0.25) is 52.4 Å². The van der Waals surface area contributed by atoms with Crippen LogP contribution in [0.4, 0.5) is 0 Å². The first-order valence-electron chi connectivity index (χ1n) is 16.6. The largest absolute Gasteiger partial charge is 4.00 e. The van der Waals surface area contributed by atoms with E-state index in [0.717, 1.165) is 25.7 Å². The van der Waals surface area contributed by atoms with Gasteiger partial charge in [-0.2, -0.15) is 25.7 Å². The molecule has 0 atom stereocenters. The molecule has 0 saturated carbocycles. The average Bonchev–Trinajstić information content (AvgIpc) is 3.04. The standard InChI is InChI=1S/4C10H15Si.V/c4*1-11(2)9-8-10-6-4-3-5-7-10;/h4*3-7,9,11H,8H2,1-2H3;/q4*-1;+4. The van der Waals surface area contributed by atoms with Crippen molar-refractivity contribution in [2.45, 2.75) is 78.1 Å². The van der Waals surface area contributed by atoms with Gasteiger partial charge in [-0.05, 0) is 0 Å². The summed E-state index contributed by atoms with van der Waals surface area (Å²) in [6.45, 7) is 18.8. The van der Waals surface area contributed by atoms with E-state index in [4.69, 9.17) is 0 Å². The Bertz CT molecular complexity index is 962. The van der Waals surface area contributed by atoms with E-state index < -0.39 is 35.2 Å². The summed E-state index contributed by atoms with van der Waals surface area (Å²) in [5, 5.41) is 0. The molecule has 0 aliphatic heterocycles. The molecule has 241 valence electrons. The molecule has 0 heterocycles. The van der Waals surface area contributed by atoms with E-state index in [9.17, 15) is 0 Å². The minimum Gasteiger partial charge on any atom is -0.326 e. The Balaban J connectivity index is 0.000000569. The molecule has 5 heteroatoms. The van der Waals surface area contributed by atoms with Crippen molar-refractivity contribution < 1.29 is 18.6 Å². The fourth-order valence-electron chi connectivity index (χ4n) is 3.94. The van der Waals surface area contributed by atoms with Gasteiger partial charge in [-0.25, -0.2) is 0 Å². The summed E-state index contributed by atoms with van der Waals surface area (Å²) < 4.78 is 0. The monoisotopic (exact) mass is 703 g/mol. The van der Waals surface area contributed by atoms with Crippen LogP contribution in [0.15, 0.2) is 121 Å². The third-order valence-electron chi connectivity index (χ3n) is 6.67. The zero-order valence-corrected chi connectivity index (χ0v) is 35.5. The van der Waals surface area contributed by atoms with E-state index >= 15 is 0 Å². The summed E-state index contributed by atoms with van der Waals surface area (Å²) in [4.78, 5) is 0. The number of hydrogen-bond acceptors (Lipinski definition) is 0. The van der Waals surface area contributed by atoms with Crippen LogP contribution in [-0.4, -0.2) is 35.2 Å². The summed E-state index contributed by atoms with van der Waals surface area (Å²) >= 11 is 0. The first-order valence-corrected chi connectivity index (χ1v) is 28.5. The summed E-state index contributed by atoms with van der Waals surface area (Å²) in [6, 6.07) is 52.5.